The van der Waals surface area contributed by atoms with Crippen LogP contribution in [0, 0.1) is 0 Å². The molecule has 1 aromatic rings. The van der Waals surface area contributed by atoms with Gasteiger partial charge in [0.25, 0.3) is 5.78 Å². The average molecular weight is 675 g/mol. The Hall–Kier alpha value is -2.34. The summed E-state index contributed by atoms with van der Waals surface area (Å²) < 4.78 is 64.4. The first-order chi connectivity index (χ1) is 23.3. The van der Waals surface area contributed by atoms with Crippen LogP contribution < -0.4 is 0 Å². The Morgan fingerprint density at radius 2 is 0.702 bits per heavy atom. The summed E-state index contributed by atoms with van der Waals surface area (Å²) >= 11 is 0. The smallest absolute Gasteiger partial charge is 0.379 e. The number of hydrogen-bond donors (Lipinski definition) is 0. The quantitative estimate of drug-likeness (QED) is 0.0332. The van der Waals surface area contributed by atoms with Crippen molar-refractivity contribution in [2.75, 3.05) is 152 Å². The van der Waals surface area contributed by atoms with Crippen molar-refractivity contribution in [1.82, 2.24) is 0 Å². The van der Waals surface area contributed by atoms with Crippen molar-refractivity contribution in [1.29, 1.82) is 0 Å². The van der Waals surface area contributed by atoms with E-state index >= 15 is 0 Å². The summed E-state index contributed by atoms with van der Waals surface area (Å²) in [4.78, 5) is 23.6. The molecule has 0 bridgehead atoms. The Kier molecular flexibility index (Phi) is 31.8. The molecule has 0 N–H and O–H groups in total. The van der Waals surface area contributed by atoms with Crippen LogP contribution in [0.15, 0.2) is 43.0 Å². The molecule has 0 aliphatic heterocycles. The fourth-order valence-electron chi connectivity index (χ4n) is 3.33. The fraction of sp³-hybridized carbons (Fsp3) is 0.697. The number of esters is 1. The summed E-state index contributed by atoms with van der Waals surface area (Å²) in [6, 6.07) is 8.25. The van der Waals surface area contributed by atoms with Crippen LogP contribution in [-0.4, -0.2) is 164 Å². The van der Waals surface area contributed by atoms with Gasteiger partial charge in [-0.15, -0.1) is 6.58 Å². The largest absolute Gasteiger partial charge is 0.457 e. The first-order valence-electron chi connectivity index (χ1n) is 16.0. The second-order valence-electron chi connectivity index (χ2n) is 9.32. The minimum atomic E-state index is -0.898. The first-order valence-corrected chi connectivity index (χ1v) is 16.0. The minimum Gasteiger partial charge on any atom is -0.457 e. The molecule has 270 valence electrons. The number of carbonyl (C=O) groups is 2. The molecule has 14 nitrogen and oxygen atoms in total. The van der Waals surface area contributed by atoms with Gasteiger partial charge >= 0.3 is 5.97 Å². The molecule has 0 unspecified atom stereocenters. The van der Waals surface area contributed by atoms with E-state index in [9.17, 15) is 9.59 Å². The van der Waals surface area contributed by atoms with Crippen LogP contribution in [0.5, 0.6) is 0 Å². The molecule has 0 saturated heterocycles. The van der Waals surface area contributed by atoms with E-state index in [1.165, 1.54) is 0 Å². The van der Waals surface area contributed by atoms with Crippen LogP contribution in [0.3, 0.4) is 0 Å². The molecule has 47 heavy (non-hydrogen) atoms. The zero-order valence-corrected chi connectivity index (χ0v) is 27.7. The Bertz CT molecular complexity index is 842. The lowest BCUT2D eigenvalue weighted by Crippen LogP contribution is -2.20. The minimum absolute atomic E-state index is 0.00315. The van der Waals surface area contributed by atoms with E-state index in [2.05, 4.69) is 6.58 Å². The van der Waals surface area contributed by atoms with Gasteiger partial charge in [0, 0.05) is 5.56 Å². The lowest BCUT2D eigenvalue weighted by Gasteiger charge is -2.09. The van der Waals surface area contributed by atoms with E-state index in [4.69, 9.17) is 56.8 Å². The lowest BCUT2D eigenvalue weighted by molar-refractivity contribution is -0.139. The van der Waals surface area contributed by atoms with Gasteiger partial charge in [0.1, 0.15) is 6.61 Å². The summed E-state index contributed by atoms with van der Waals surface area (Å²) in [6.45, 7) is 13.9. The van der Waals surface area contributed by atoms with E-state index < -0.39 is 11.8 Å². The number of benzene rings is 1. The van der Waals surface area contributed by atoms with Gasteiger partial charge in [0.05, 0.1) is 145 Å². The molecular formula is C33H54O14. The maximum Gasteiger partial charge on any atom is 0.379 e. The van der Waals surface area contributed by atoms with Crippen LogP contribution in [0.4, 0.5) is 0 Å². The SMILES string of the molecule is C=CCOCCOCCOCCOCCOCCOCCOCCOCCOCCOCCOCCOC(=O)C(=O)c1ccccc1. The van der Waals surface area contributed by atoms with Crippen LogP contribution in [0.2, 0.25) is 0 Å². The van der Waals surface area contributed by atoms with Crippen LogP contribution in [0.25, 0.3) is 0 Å². The second-order valence-corrected chi connectivity index (χ2v) is 9.32. The number of rotatable bonds is 37. The Balaban J connectivity index is 1.66. The number of carbonyl (C=O) groups excluding carboxylic acids is 2. The maximum absolute atomic E-state index is 11.9. The van der Waals surface area contributed by atoms with Crippen molar-refractivity contribution in [3.8, 4) is 0 Å². The van der Waals surface area contributed by atoms with Gasteiger partial charge in [-0.1, -0.05) is 36.4 Å². The molecule has 0 spiro atoms. The van der Waals surface area contributed by atoms with Crippen molar-refractivity contribution in [2.45, 2.75) is 0 Å². The third-order valence-corrected chi connectivity index (χ3v) is 5.64. The summed E-state index contributed by atoms with van der Waals surface area (Å²) in [6.07, 6.45) is 1.70. The summed E-state index contributed by atoms with van der Waals surface area (Å²) in [5, 5.41) is 0. The lowest BCUT2D eigenvalue weighted by atomic mass is 10.1. The molecule has 0 saturated carbocycles. The molecule has 0 radical (unpaired) electrons. The standard InChI is InChI=1S/C33H54O14/c1-2-8-36-9-10-37-11-12-38-13-14-39-15-16-40-17-18-41-19-20-42-21-22-43-23-24-44-25-26-45-27-28-46-29-30-47-33(35)32(34)31-6-4-3-5-7-31/h2-7H,1,8-30H2. The van der Waals surface area contributed by atoms with E-state index in [0.717, 1.165) is 0 Å². The predicted octanol–water partition coefficient (Wildman–Crippen LogP) is 1.78. The van der Waals surface area contributed by atoms with Crippen molar-refractivity contribution < 1.29 is 66.4 Å². The predicted molar refractivity (Wildman–Crippen MR) is 171 cm³/mol. The summed E-state index contributed by atoms with van der Waals surface area (Å²) in [5.41, 5.74) is 0.295. The number of Topliss-reactive ketones (excluding diaryl/α,β-unsaturated/α-hetero) is 1. The van der Waals surface area contributed by atoms with Gasteiger partial charge in [0.15, 0.2) is 0 Å². The molecule has 0 aromatic heterocycles. The molecule has 0 atom stereocenters. The molecule has 0 amide bonds. The molecule has 14 heteroatoms. The van der Waals surface area contributed by atoms with E-state index in [0.29, 0.717) is 144 Å². The molecule has 1 aromatic carbocycles. The highest BCUT2D eigenvalue weighted by molar-refractivity contribution is 6.40. The topological polar surface area (TPSA) is 145 Å². The Morgan fingerprint density at radius 1 is 0.426 bits per heavy atom. The number of ether oxygens (including phenoxy) is 12. The van der Waals surface area contributed by atoms with Crippen molar-refractivity contribution in [3.63, 3.8) is 0 Å². The van der Waals surface area contributed by atoms with E-state index in [1.807, 2.05) is 0 Å². The molecule has 1 rings (SSSR count). The Labute approximate surface area is 278 Å². The zero-order valence-electron chi connectivity index (χ0n) is 27.7. The van der Waals surface area contributed by atoms with Gasteiger partial charge in [-0.3, -0.25) is 4.79 Å². The van der Waals surface area contributed by atoms with Crippen molar-refractivity contribution >= 4 is 11.8 Å². The third-order valence-electron chi connectivity index (χ3n) is 5.64. The van der Waals surface area contributed by atoms with E-state index in [-0.39, 0.29) is 13.2 Å². The average Bonchev–Trinajstić information content (AvgIpc) is 3.10. The van der Waals surface area contributed by atoms with Crippen LogP contribution in [0.1, 0.15) is 10.4 Å². The third kappa shape index (κ3) is 29.5. The van der Waals surface area contributed by atoms with Crippen molar-refractivity contribution in [2.24, 2.45) is 0 Å². The molecule has 0 aliphatic rings. The first kappa shape index (κ1) is 42.7. The van der Waals surface area contributed by atoms with Crippen LogP contribution >= 0.6 is 0 Å². The van der Waals surface area contributed by atoms with Gasteiger partial charge in [-0.2, -0.15) is 0 Å². The highest BCUT2D eigenvalue weighted by Gasteiger charge is 2.17. The molecule has 0 heterocycles. The number of ketones is 1. The summed E-state index contributed by atoms with van der Waals surface area (Å²) in [5.74, 6) is -1.57. The zero-order chi connectivity index (χ0) is 33.7. The van der Waals surface area contributed by atoms with Gasteiger partial charge in [0.2, 0.25) is 0 Å². The molecule has 0 aliphatic carbocycles. The maximum atomic E-state index is 11.9. The highest BCUT2D eigenvalue weighted by Crippen LogP contribution is 2.01. The van der Waals surface area contributed by atoms with Gasteiger partial charge in [-0.05, 0) is 0 Å². The second kappa shape index (κ2) is 35.0. The fourth-order valence-corrected chi connectivity index (χ4v) is 3.33. The highest BCUT2D eigenvalue weighted by atomic mass is 16.6. The molecular weight excluding hydrogens is 620 g/mol. The van der Waals surface area contributed by atoms with Gasteiger partial charge < -0.3 is 56.8 Å². The Morgan fingerprint density at radius 3 is 1.00 bits per heavy atom. The van der Waals surface area contributed by atoms with Crippen molar-refractivity contribution in [3.05, 3.63) is 48.6 Å². The monoisotopic (exact) mass is 674 g/mol. The number of hydrogen-bond acceptors (Lipinski definition) is 14. The van der Waals surface area contributed by atoms with Crippen LogP contribution in [-0.2, 0) is 61.6 Å². The summed E-state index contributed by atoms with van der Waals surface area (Å²) in [7, 11) is 0. The van der Waals surface area contributed by atoms with E-state index in [1.54, 1.807) is 36.4 Å². The normalized spacial score (nSPS) is 11.1. The van der Waals surface area contributed by atoms with Gasteiger partial charge in [-0.25, -0.2) is 4.79 Å². The molecule has 0 fully saturated rings.